The lowest BCUT2D eigenvalue weighted by Crippen LogP contribution is -2.58. The first-order valence-corrected chi connectivity index (χ1v) is 11.9. The first-order valence-electron chi connectivity index (χ1n) is 11.2. The molecule has 0 saturated carbocycles. The molecule has 1 N–H and O–H groups in total. The van der Waals surface area contributed by atoms with E-state index in [9.17, 15) is 5.11 Å². The fraction of sp³-hybridized carbons (Fsp3) is 0.296. The molecule has 3 aromatic carbocycles. The second-order valence-electron chi connectivity index (χ2n) is 8.66. The summed E-state index contributed by atoms with van der Waals surface area (Å²) in [5.41, 5.74) is 4.30. The molecule has 2 unspecified atom stereocenters. The highest BCUT2D eigenvalue weighted by atomic mass is 35.5. The molecular weight excluding hydrogens is 439 g/mol. The van der Waals surface area contributed by atoms with Gasteiger partial charge in [-0.25, -0.2) is 0 Å². The van der Waals surface area contributed by atoms with Crippen LogP contribution in [-0.4, -0.2) is 34.8 Å². The van der Waals surface area contributed by atoms with E-state index < -0.39 is 6.23 Å². The highest BCUT2D eigenvalue weighted by Crippen LogP contribution is 2.41. The van der Waals surface area contributed by atoms with Gasteiger partial charge in [0, 0.05) is 23.1 Å². The van der Waals surface area contributed by atoms with Gasteiger partial charge >= 0.3 is 0 Å². The molecule has 3 aliphatic heterocycles. The van der Waals surface area contributed by atoms with E-state index in [-0.39, 0.29) is 12.0 Å². The predicted molar refractivity (Wildman–Crippen MR) is 132 cm³/mol. The minimum atomic E-state index is -0.963. The molecule has 3 saturated heterocycles. The molecule has 5 heteroatoms. The molecule has 0 amide bonds. The van der Waals surface area contributed by atoms with Crippen LogP contribution in [-0.2, 0) is 0 Å². The predicted octanol–water partition coefficient (Wildman–Crippen LogP) is 6.35. The normalized spacial score (nSPS) is 24.8. The van der Waals surface area contributed by atoms with E-state index >= 15 is 0 Å². The Morgan fingerprint density at radius 2 is 1.38 bits per heavy atom. The van der Waals surface area contributed by atoms with Crippen LogP contribution in [0.1, 0.15) is 41.7 Å². The Kier molecular flexibility index (Phi) is 6.34. The number of aliphatic hydroxyl groups excluding tert-OH is 1. The van der Waals surface area contributed by atoms with Crippen molar-refractivity contribution in [3.05, 3.63) is 106 Å². The number of hydrogen-bond donors (Lipinski definition) is 1. The maximum atomic E-state index is 11.0. The Hall–Kier alpha value is -2.17. The molecule has 0 aliphatic carbocycles. The second-order valence-corrected chi connectivity index (χ2v) is 9.47. The summed E-state index contributed by atoms with van der Waals surface area (Å²) in [5, 5.41) is 12.0. The van der Waals surface area contributed by atoms with E-state index in [0.29, 0.717) is 21.5 Å². The summed E-state index contributed by atoms with van der Waals surface area (Å²) in [4.78, 5) is 7.49. The van der Waals surface area contributed by atoms with Crippen LogP contribution in [0.4, 0.5) is 0 Å². The highest BCUT2D eigenvalue weighted by molar-refractivity contribution is 6.42. The van der Waals surface area contributed by atoms with Crippen molar-refractivity contribution in [2.45, 2.75) is 31.0 Å². The van der Waals surface area contributed by atoms with Crippen molar-refractivity contribution >= 4 is 28.9 Å². The van der Waals surface area contributed by atoms with Crippen molar-refractivity contribution in [1.82, 2.24) is 4.90 Å². The van der Waals surface area contributed by atoms with E-state index in [1.807, 2.05) is 0 Å². The molecule has 32 heavy (non-hydrogen) atoms. The summed E-state index contributed by atoms with van der Waals surface area (Å²) in [6, 6.07) is 26.7. The van der Waals surface area contributed by atoms with E-state index in [2.05, 4.69) is 65.6 Å². The van der Waals surface area contributed by atoms with Gasteiger partial charge in [0.1, 0.15) is 0 Å². The van der Waals surface area contributed by atoms with Gasteiger partial charge in [-0.3, -0.25) is 9.89 Å². The van der Waals surface area contributed by atoms with Gasteiger partial charge in [0.05, 0.1) is 16.1 Å². The van der Waals surface area contributed by atoms with Gasteiger partial charge in [0.2, 0.25) is 0 Å². The number of piperidine rings is 3. The number of nitrogens with zero attached hydrogens (tertiary/aromatic N) is 2. The van der Waals surface area contributed by atoms with Crippen molar-refractivity contribution in [2.75, 3.05) is 13.1 Å². The van der Waals surface area contributed by atoms with Gasteiger partial charge in [-0.05, 0) is 49.2 Å². The van der Waals surface area contributed by atoms with Crippen LogP contribution >= 0.6 is 23.2 Å². The average Bonchev–Trinajstić information content (AvgIpc) is 2.84. The third-order valence-corrected chi connectivity index (χ3v) is 7.53. The van der Waals surface area contributed by atoms with Crippen LogP contribution in [0, 0.1) is 5.92 Å². The molecule has 6 rings (SSSR count). The SMILES string of the molecule is OC(N=C1C2CCN(CC2)C1C(c1ccccc1)c1ccccc1)c1ccc(Cl)c(Cl)c1. The molecule has 3 aromatic rings. The fourth-order valence-corrected chi connectivity index (χ4v) is 5.54. The standard InChI is InChI=1S/C27H26Cl2N2O/c28-22-12-11-21(17-23(22)29)27(32)30-25-20-13-15-31(16-14-20)26(25)24(18-7-3-1-4-8-18)19-9-5-2-6-10-19/h1-12,17,20,24,26-27,32H,13-16H2. The zero-order chi connectivity index (χ0) is 22.1. The number of benzene rings is 3. The Balaban J connectivity index is 1.59. The number of halogens is 2. The molecular formula is C27H26Cl2N2O. The molecule has 3 fully saturated rings. The van der Waals surface area contributed by atoms with Gasteiger partial charge in [0.15, 0.2) is 6.23 Å². The summed E-state index contributed by atoms with van der Waals surface area (Å²) in [7, 11) is 0. The quantitative estimate of drug-likeness (QED) is 0.477. The molecule has 164 valence electrons. The summed E-state index contributed by atoms with van der Waals surface area (Å²) in [5.74, 6) is 0.539. The van der Waals surface area contributed by atoms with Gasteiger partial charge in [-0.2, -0.15) is 0 Å². The van der Waals surface area contributed by atoms with Crippen molar-refractivity contribution in [3.63, 3.8) is 0 Å². The monoisotopic (exact) mass is 464 g/mol. The zero-order valence-electron chi connectivity index (χ0n) is 17.7. The molecule has 3 nitrogen and oxygen atoms in total. The molecule has 3 heterocycles. The van der Waals surface area contributed by atoms with Crippen LogP contribution in [0.2, 0.25) is 10.0 Å². The summed E-state index contributed by atoms with van der Waals surface area (Å²) < 4.78 is 0. The van der Waals surface area contributed by atoms with Crippen molar-refractivity contribution in [3.8, 4) is 0 Å². The first kappa shape index (κ1) is 21.7. The highest BCUT2D eigenvalue weighted by Gasteiger charge is 2.44. The maximum absolute atomic E-state index is 11.0. The molecule has 0 radical (unpaired) electrons. The topological polar surface area (TPSA) is 35.8 Å². The van der Waals surface area contributed by atoms with Gasteiger partial charge in [0.25, 0.3) is 0 Å². The molecule has 3 aliphatic rings. The number of aliphatic imine (C=N–C) groups is 1. The number of rotatable bonds is 5. The lowest BCUT2D eigenvalue weighted by atomic mass is 9.72. The second kappa shape index (κ2) is 9.36. The zero-order valence-corrected chi connectivity index (χ0v) is 19.3. The van der Waals surface area contributed by atoms with Crippen LogP contribution in [0.25, 0.3) is 0 Å². The van der Waals surface area contributed by atoms with E-state index in [0.717, 1.165) is 31.6 Å². The van der Waals surface area contributed by atoms with Gasteiger partial charge in [-0.15, -0.1) is 0 Å². The Labute approximate surface area is 199 Å². The van der Waals surface area contributed by atoms with Crippen molar-refractivity contribution in [1.29, 1.82) is 0 Å². The van der Waals surface area contributed by atoms with Gasteiger partial charge in [-0.1, -0.05) is 89.9 Å². The number of hydrogen-bond acceptors (Lipinski definition) is 3. The average molecular weight is 465 g/mol. The van der Waals surface area contributed by atoms with Crippen molar-refractivity contribution in [2.24, 2.45) is 10.9 Å². The van der Waals surface area contributed by atoms with Crippen LogP contribution in [0.15, 0.2) is 83.9 Å². The third-order valence-electron chi connectivity index (χ3n) is 6.79. The lowest BCUT2D eigenvalue weighted by molar-refractivity contribution is 0.128. The third kappa shape index (κ3) is 4.23. The molecule has 2 atom stereocenters. The van der Waals surface area contributed by atoms with Crippen LogP contribution < -0.4 is 0 Å². The number of aliphatic hydroxyl groups is 1. The van der Waals surface area contributed by atoms with E-state index in [1.165, 1.54) is 11.1 Å². The van der Waals surface area contributed by atoms with Gasteiger partial charge < -0.3 is 5.11 Å². The molecule has 0 spiro atoms. The minimum absolute atomic E-state index is 0.115. The minimum Gasteiger partial charge on any atom is -0.368 e. The first-order chi connectivity index (χ1) is 15.6. The number of fused-ring (bicyclic) bond motifs is 3. The Morgan fingerprint density at radius 3 is 1.94 bits per heavy atom. The lowest BCUT2D eigenvalue weighted by Gasteiger charge is -2.50. The van der Waals surface area contributed by atoms with E-state index in [4.69, 9.17) is 28.2 Å². The molecule has 2 bridgehead atoms. The van der Waals surface area contributed by atoms with Crippen LogP contribution in [0.5, 0.6) is 0 Å². The molecule has 0 aromatic heterocycles. The largest absolute Gasteiger partial charge is 0.368 e. The summed E-state index contributed by atoms with van der Waals surface area (Å²) in [6.45, 7) is 2.13. The summed E-state index contributed by atoms with van der Waals surface area (Å²) in [6.07, 6.45) is 1.20. The van der Waals surface area contributed by atoms with E-state index in [1.54, 1.807) is 18.2 Å². The Bertz CT molecular complexity index is 1060. The summed E-state index contributed by atoms with van der Waals surface area (Å²) >= 11 is 12.3. The fourth-order valence-electron chi connectivity index (χ4n) is 5.23. The van der Waals surface area contributed by atoms with Crippen LogP contribution in [0.3, 0.4) is 0 Å². The maximum Gasteiger partial charge on any atom is 0.171 e. The smallest absolute Gasteiger partial charge is 0.171 e. The van der Waals surface area contributed by atoms with Crippen molar-refractivity contribution < 1.29 is 5.11 Å². The Morgan fingerprint density at radius 1 is 0.781 bits per heavy atom.